The van der Waals surface area contributed by atoms with Crippen molar-refractivity contribution >= 4 is 5.97 Å². The number of hydrogen-bond acceptors (Lipinski definition) is 2. The molecule has 0 radical (unpaired) electrons. The number of nitrogens with one attached hydrogen (secondary N) is 1. The molecule has 3 heteroatoms. The first-order chi connectivity index (χ1) is 10.3. The van der Waals surface area contributed by atoms with Crippen LogP contribution in [0, 0.1) is 0 Å². The molecule has 0 aromatic carbocycles. The second kappa shape index (κ2) is 17.5. The summed E-state index contributed by atoms with van der Waals surface area (Å²) in [7, 11) is 0. The Labute approximate surface area is 131 Å². The summed E-state index contributed by atoms with van der Waals surface area (Å²) >= 11 is 0. The van der Waals surface area contributed by atoms with Crippen LogP contribution in [0.15, 0.2) is 0 Å². The first-order valence-electron chi connectivity index (χ1n) is 9.20. The summed E-state index contributed by atoms with van der Waals surface area (Å²) in [6.07, 6.45) is 19.0. The van der Waals surface area contributed by atoms with E-state index in [1.807, 2.05) is 0 Å². The number of hydrogen-bond donors (Lipinski definition) is 2. The lowest BCUT2D eigenvalue weighted by Crippen LogP contribution is -2.23. The zero-order chi connectivity index (χ0) is 15.6. The topological polar surface area (TPSA) is 49.3 Å². The summed E-state index contributed by atoms with van der Waals surface area (Å²) in [5, 5.41) is 11.4. The molecule has 0 saturated carbocycles. The zero-order valence-electron chi connectivity index (χ0n) is 14.2. The highest BCUT2D eigenvalue weighted by molar-refractivity contribution is 5.68. The summed E-state index contributed by atoms with van der Waals surface area (Å²) in [4.78, 5) is 10.3. The quantitative estimate of drug-likeness (QED) is 0.365. The Hall–Kier alpha value is -0.570. The van der Waals surface area contributed by atoms with Crippen LogP contribution in [0.25, 0.3) is 0 Å². The molecule has 126 valence electrons. The maximum atomic E-state index is 10.3. The molecule has 0 saturated heterocycles. The molecule has 0 rings (SSSR count). The van der Waals surface area contributed by atoms with Crippen LogP contribution >= 0.6 is 0 Å². The highest BCUT2D eigenvalue weighted by Crippen LogP contribution is 2.12. The standard InChI is InChI=1S/C18H37NO2/c1-2-3-4-5-6-7-8-9-10-11-12-13-14-15-16-19-17-18(20)21/h19H,2-17H2,1H3,(H,20,21). The third kappa shape index (κ3) is 19.4. The molecule has 0 aromatic heterocycles. The number of carboxylic acid groups (broad SMARTS) is 1. The summed E-state index contributed by atoms with van der Waals surface area (Å²) in [6, 6.07) is 0. The molecule has 0 spiro atoms. The summed E-state index contributed by atoms with van der Waals surface area (Å²) in [5.41, 5.74) is 0. The molecular weight excluding hydrogens is 262 g/mol. The van der Waals surface area contributed by atoms with Gasteiger partial charge in [-0.1, -0.05) is 90.4 Å². The average molecular weight is 299 g/mol. The van der Waals surface area contributed by atoms with E-state index < -0.39 is 5.97 Å². The molecule has 0 fully saturated rings. The van der Waals surface area contributed by atoms with Crippen LogP contribution in [-0.2, 0) is 4.79 Å². The van der Waals surface area contributed by atoms with Crippen molar-refractivity contribution in [3.05, 3.63) is 0 Å². The lowest BCUT2D eigenvalue weighted by molar-refractivity contribution is -0.135. The monoisotopic (exact) mass is 299 g/mol. The Bertz CT molecular complexity index is 219. The first kappa shape index (κ1) is 20.4. The lowest BCUT2D eigenvalue weighted by atomic mass is 10.0. The highest BCUT2D eigenvalue weighted by Gasteiger charge is 1.96. The highest BCUT2D eigenvalue weighted by atomic mass is 16.4. The van der Waals surface area contributed by atoms with Gasteiger partial charge in [-0.05, 0) is 13.0 Å². The van der Waals surface area contributed by atoms with Gasteiger partial charge in [-0.25, -0.2) is 0 Å². The van der Waals surface area contributed by atoms with Crippen molar-refractivity contribution < 1.29 is 9.90 Å². The average Bonchev–Trinajstić information content (AvgIpc) is 2.46. The molecule has 0 atom stereocenters. The minimum Gasteiger partial charge on any atom is -0.480 e. The lowest BCUT2D eigenvalue weighted by Gasteiger charge is -2.03. The van der Waals surface area contributed by atoms with Crippen LogP contribution < -0.4 is 5.32 Å². The molecule has 0 bridgehead atoms. The smallest absolute Gasteiger partial charge is 0.317 e. The molecule has 0 aliphatic heterocycles. The minimum atomic E-state index is -0.764. The maximum absolute atomic E-state index is 10.3. The largest absolute Gasteiger partial charge is 0.480 e. The molecule has 21 heavy (non-hydrogen) atoms. The van der Waals surface area contributed by atoms with Gasteiger partial charge in [0.25, 0.3) is 0 Å². The normalized spacial score (nSPS) is 10.9. The second-order valence-electron chi connectivity index (χ2n) is 6.17. The summed E-state index contributed by atoms with van der Waals surface area (Å²) in [5.74, 6) is -0.764. The van der Waals surface area contributed by atoms with Gasteiger partial charge < -0.3 is 10.4 Å². The number of carbonyl (C=O) groups is 1. The van der Waals surface area contributed by atoms with Gasteiger partial charge in [0.1, 0.15) is 0 Å². The van der Waals surface area contributed by atoms with Crippen LogP contribution in [0.3, 0.4) is 0 Å². The molecule has 3 nitrogen and oxygen atoms in total. The van der Waals surface area contributed by atoms with E-state index in [1.165, 1.54) is 83.5 Å². The van der Waals surface area contributed by atoms with Gasteiger partial charge in [0.15, 0.2) is 0 Å². The Balaban J connectivity index is 2.95. The fourth-order valence-electron chi connectivity index (χ4n) is 2.64. The number of unbranched alkanes of at least 4 members (excludes halogenated alkanes) is 13. The fourth-order valence-corrected chi connectivity index (χ4v) is 2.64. The SMILES string of the molecule is CCCCCCCCCCCCCCCCNCC(=O)O. The minimum absolute atomic E-state index is 0.0957. The van der Waals surface area contributed by atoms with Crippen molar-refractivity contribution in [3.63, 3.8) is 0 Å². The van der Waals surface area contributed by atoms with Crippen LogP contribution in [0.5, 0.6) is 0 Å². The van der Waals surface area contributed by atoms with Gasteiger partial charge in [0, 0.05) is 0 Å². The predicted octanol–water partition coefficient (Wildman–Crippen LogP) is 5.14. The fraction of sp³-hybridized carbons (Fsp3) is 0.944. The van der Waals surface area contributed by atoms with Gasteiger partial charge >= 0.3 is 5.97 Å². The van der Waals surface area contributed by atoms with Crippen molar-refractivity contribution in [1.82, 2.24) is 5.32 Å². The van der Waals surface area contributed by atoms with E-state index in [2.05, 4.69) is 12.2 Å². The molecular formula is C18H37NO2. The number of rotatable bonds is 17. The van der Waals surface area contributed by atoms with Gasteiger partial charge in [0.05, 0.1) is 6.54 Å². The van der Waals surface area contributed by atoms with Crippen LogP contribution in [0.4, 0.5) is 0 Å². The van der Waals surface area contributed by atoms with Crippen molar-refractivity contribution in [2.75, 3.05) is 13.1 Å². The number of aliphatic carboxylic acids is 1. The van der Waals surface area contributed by atoms with Crippen LogP contribution in [0.1, 0.15) is 96.8 Å². The first-order valence-corrected chi connectivity index (χ1v) is 9.20. The van der Waals surface area contributed by atoms with Gasteiger partial charge in [-0.2, -0.15) is 0 Å². The van der Waals surface area contributed by atoms with E-state index in [0.717, 1.165) is 13.0 Å². The van der Waals surface area contributed by atoms with Crippen molar-refractivity contribution in [2.45, 2.75) is 96.8 Å². The molecule has 0 unspecified atom stereocenters. The second-order valence-corrected chi connectivity index (χ2v) is 6.17. The van der Waals surface area contributed by atoms with Gasteiger partial charge in [-0.3, -0.25) is 4.79 Å². The van der Waals surface area contributed by atoms with E-state index in [-0.39, 0.29) is 6.54 Å². The predicted molar refractivity (Wildman–Crippen MR) is 90.8 cm³/mol. The van der Waals surface area contributed by atoms with Crippen molar-refractivity contribution in [1.29, 1.82) is 0 Å². The summed E-state index contributed by atoms with van der Waals surface area (Å²) < 4.78 is 0. The Morgan fingerprint density at radius 1 is 0.714 bits per heavy atom. The third-order valence-electron chi connectivity index (χ3n) is 3.98. The van der Waals surface area contributed by atoms with Crippen molar-refractivity contribution in [3.8, 4) is 0 Å². The molecule has 0 aliphatic rings. The van der Waals surface area contributed by atoms with Crippen LogP contribution in [0.2, 0.25) is 0 Å². The van der Waals surface area contributed by atoms with Gasteiger partial charge in [0.2, 0.25) is 0 Å². The van der Waals surface area contributed by atoms with E-state index in [9.17, 15) is 4.79 Å². The molecule has 0 aliphatic carbocycles. The summed E-state index contributed by atoms with van der Waals surface area (Å²) in [6.45, 7) is 3.20. The Kier molecular flexibility index (Phi) is 17.0. The molecule has 2 N–H and O–H groups in total. The molecule has 0 heterocycles. The maximum Gasteiger partial charge on any atom is 0.317 e. The molecule has 0 aromatic rings. The van der Waals surface area contributed by atoms with Crippen molar-refractivity contribution in [2.24, 2.45) is 0 Å². The number of carboxylic acids is 1. The van der Waals surface area contributed by atoms with E-state index in [0.29, 0.717) is 0 Å². The van der Waals surface area contributed by atoms with Crippen LogP contribution in [-0.4, -0.2) is 24.2 Å². The van der Waals surface area contributed by atoms with Gasteiger partial charge in [-0.15, -0.1) is 0 Å². The van der Waals surface area contributed by atoms with E-state index in [1.54, 1.807) is 0 Å². The Morgan fingerprint density at radius 2 is 1.10 bits per heavy atom. The third-order valence-corrected chi connectivity index (χ3v) is 3.98. The zero-order valence-corrected chi connectivity index (χ0v) is 14.2. The Morgan fingerprint density at radius 3 is 1.48 bits per heavy atom. The molecule has 0 amide bonds. The van der Waals surface area contributed by atoms with E-state index in [4.69, 9.17) is 5.11 Å². The van der Waals surface area contributed by atoms with E-state index >= 15 is 0 Å².